The number of nitro benzene ring substituents is 1. The minimum atomic E-state index is -0.833. The normalized spacial score (nSPS) is 11.4. The maximum atomic E-state index is 10.6. The molecule has 0 saturated heterocycles. The lowest BCUT2D eigenvalue weighted by molar-refractivity contribution is -0.384. The van der Waals surface area contributed by atoms with E-state index in [0.717, 1.165) is 11.4 Å². The van der Waals surface area contributed by atoms with Crippen LogP contribution in [0.3, 0.4) is 0 Å². The fourth-order valence-electron chi connectivity index (χ4n) is 2.10. The lowest BCUT2D eigenvalue weighted by atomic mass is 10.1. The maximum Gasteiger partial charge on any atom is 0.269 e. The predicted molar refractivity (Wildman–Crippen MR) is 99.9 cm³/mol. The van der Waals surface area contributed by atoms with Crippen LogP contribution in [0.5, 0.6) is 5.75 Å². The van der Waals surface area contributed by atoms with E-state index in [1.54, 1.807) is 0 Å². The minimum Gasteiger partial charge on any atom is -0.494 e. The molecule has 3 N–H and O–H groups in total. The molecule has 0 aliphatic carbocycles. The van der Waals surface area contributed by atoms with Gasteiger partial charge < -0.3 is 20.5 Å². The summed E-state index contributed by atoms with van der Waals surface area (Å²) in [6.07, 6.45) is -0.833. The molecule has 132 valence electrons. The van der Waals surface area contributed by atoms with Gasteiger partial charge in [-0.1, -0.05) is 0 Å². The Morgan fingerprint density at radius 2 is 1.88 bits per heavy atom. The van der Waals surface area contributed by atoms with E-state index in [4.69, 9.17) is 17.0 Å². The molecule has 0 aliphatic rings. The summed E-state index contributed by atoms with van der Waals surface area (Å²) >= 11 is 5.19. The Morgan fingerprint density at radius 3 is 2.44 bits per heavy atom. The summed E-state index contributed by atoms with van der Waals surface area (Å²) in [5.41, 5.74) is 1.35. The highest BCUT2D eigenvalue weighted by atomic mass is 32.1. The monoisotopic (exact) mass is 361 g/mol. The van der Waals surface area contributed by atoms with Crippen molar-refractivity contribution in [3.8, 4) is 5.75 Å². The molecule has 1 atom stereocenters. The number of non-ortho nitro benzene ring substituents is 1. The molecule has 0 saturated carbocycles. The molecule has 0 heterocycles. The van der Waals surface area contributed by atoms with Gasteiger partial charge in [0.05, 0.1) is 17.6 Å². The number of ether oxygens (including phenoxy) is 1. The van der Waals surface area contributed by atoms with E-state index in [2.05, 4.69) is 10.6 Å². The number of aliphatic hydroxyl groups excluding tert-OH is 1. The molecule has 0 amide bonds. The van der Waals surface area contributed by atoms with E-state index >= 15 is 0 Å². The van der Waals surface area contributed by atoms with Crippen LogP contribution in [0.25, 0.3) is 0 Å². The molecule has 25 heavy (non-hydrogen) atoms. The standard InChI is InChI=1S/C17H19N3O4S/c1-2-24-15-9-5-13(6-10-15)19-17(25)18-11-16(21)12-3-7-14(8-4-12)20(22)23/h3-10,16,21H,2,11H2,1H3,(H2,18,19,25)/t16-/m0/s1. The Hall–Kier alpha value is -2.71. The highest BCUT2D eigenvalue weighted by Gasteiger charge is 2.11. The summed E-state index contributed by atoms with van der Waals surface area (Å²) in [7, 11) is 0. The van der Waals surface area contributed by atoms with Crippen LogP contribution in [0, 0.1) is 10.1 Å². The Morgan fingerprint density at radius 1 is 1.24 bits per heavy atom. The second-order valence-electron chi connectivity index (χ2n) is 5.16. The zero-order valence-corrected chi connectivity index (χ0v) is 14.5. The number of rotatable bonds is 7. The van der Waals surface area contributed by atoms with Gasteiger partial charge in [0.15, 0.2) is 5.11 Å². The van der Waals surface area contributed by atoms with Gasteiger partial charge in [-0.05, 0) is 61.1 Å². The SMILES string of the molecule is CCOc1ccc(NC(=S)NC[C@H](O)c2ccc([N+](=O)[O-])cc2)cc1. The average molecular weight is 361 g/mol. The van der Waals surface area contributed by atoms with Gasteiger partial charge in [0.1, 0.15) is 5.75 Å². The molecule has 0 aromatic heterocycles. The molecule has 0 bridgehead atoms. The van der Waals surface area contributed by atoms with Crippen LogP contribution >= 0.6 is 12.2 Å². The molecule has 0 spiro atoms. The van der Waals surface area contributed by atoms with Crippen molar-refractivity contribution in [1.82, 2.24) is 5.32 Å². The first-order valence-corrected chi connectivity index (χ1v) is 8.10. The van der Waals surface area contributed by atoms with Crippen molar-refractivity contribution >= 4 is 28.7 Å². The summed E-state index contributed by atoms with van der Waals surface area (Å²) in [6, 6.07) is 13.1. The summed E-state index contributed by atoms with van der Waals surface area (Å²) in [5.74, 6) is 0.778. The van der Waals surface area contributed by atoms with Gasteiger partial charge in [-0.25, -0.2) is 0 Å². The summed E-state index contributed by atoms with van der Waals surface area (Å²) in [5, 5.41) is 27.0. The summed E-state index contributed by atoms with van der Waals surface area (Å²) in [4.78, 5) is 10.1. The van der Waals surface area contributed by atoms with Crippen molar-refractivity contribution in [3.63, 3.8) is 0 Å². The van der Waals surface area contributed by atoms with Crippen molar-refractivity contribution in [2.24, 2.45) is 0 Å². The molecule has 2 aromatic rings. The van der Waals surface area contributed by atoms with Gasteiger partial charge >= 0.3 is 0 Å². The van der Waals surface area contributed by atoms with Crippen LogP contribution in [0.15, 0.2) is 48.5 Å². The van der Waals surface area contributed by atoms with E-state index in [9.17, 15) is 15.2 Å². The Bertz CT molecular complexity index is 720. The Labute approximate surface area is 150 Å². The molecule has 8 heteroatoms. The summed E-state index contributed by atoms with van der Waals surface area (Å²) < 4.78 is 5.37. The number of thiocarbonyl (C=S) groups is 1. The van der Waals surface area contributed by atoms with E-state index < -0.39 is 11.0 Å². The second kappa shape index (κ2) is 8.95. The van der Waals surface area contributed by atoms with Gasteiger partial charge in [0.25, 0.3) is 5.69 Å². The van der Waals surface area contributed by atoms with Gasteiger partial charge in [-0.3, -0.25) is 10.1 Å². The maximum absolute atomic E-state index is 10.6. The van der Waals surface area contributed by atoms with Crippen LogP contribution in [-0.4, -0.2) is 28.3 Å². The number of benzene rings is 2. The molecule has 7 nitrogen and oxygen atoms in total. The van der Waals surface area contributed by atoms with Crippen LogP contribution in [0.1, 0.15) is 18.6 Å². The van der Waals surface area contributed by atoms with Crippen molar-refractivity contribution in [3.05, 3.63) is 64.2 Å². The van der Waals surface area contributed by atoms with Crippen LogP contribution in [0.2, 0.25) is 0 Å². The van der Waals surface area contributed by atoms with E-state index in [-0.39, 0.29) is 12.2 Å². The topological polar surface area (TPSA) is 96.7 Å². The number of aliphatic hydroxyl groups is 1. The summed E-state index contributed by atoms with van der Waals surface area (Å²) in [6.45, 7) is 2.70. The zero-order chi connectivity index (χ0) is 18.2. The van der Waals surface area contributed by atoms with Crippen molar-refractivity contribution in [2.75, 3.05) is 18.5 Å². The number of hydrogen-bond donors (Lipinski definition) is 3. The third-order valence-electron chi connectivity index (χ3n) is 3.37. The average Bonchev–Trinajstić information content (AvgIpc) is 2.61. The van der Waals surface area contributed by atoms with E-state index in [1.807, 2.05) is 31.2 Å². The van der Waals surface area contributed by atoms with E-state index in [0.29, 0.717) is 17.3 Å². The number of hydrogen-bond acceptors (Lipinski definition) is 5. The van der Waals surface area contributed by atoms with Crippen LogP contribution < -0.4 is 15.4 Å². The molecule has 0 radical (unpaired) electrons. The second-order valence-corrected chi connectivity index (χ2v) is 5.57. The highest BCUT2D eigenvalue weighted by Crippen LogP contribution is 2.18. The molecular formula is C17H19N3O4S. The molecule has 0 fully saturated rings. The molecular weight excluding hydrogens is 342 g/mol. The van der Waals surface area contributed by atoms with Gasteiger partial charge in [-0.2, -0.15) is 0 Å². The van der Waals surface area contributed by atoms with Crippen molar-refractivity contribution in [1.29, 1.82) is 0 Å². The first-order valence-electron chi connectivity index (χ1n) is 7.69. The quantitative estimate of drug-likeness (QED) is 0.396. The third-order valence-corrected chi connectivity index (χ3v) is 3.61. The Kier molecular flexibility index (Phi) is 6.67. The van der Waals surface area contributed by atoms with Crippen LogP contribution in [0.4, 0.5) is 11.4 Å². The fraction of sp³-hybridized carbons (Fsp3) is 0.235. The molecule has 2 rings (SSSR count). The predicted octanol–water partition coefficient (Wildman–Crippen LogP) is 3.01. The van der Waals surface area contributed by atoms with Crippen molar-refractivity contribution in [2.45, 2.75) is 13.0 Å². The lowest BCUT2D eigenvalue weighted by Crippen LogP contribution is -2.32. The largest absolute Gasteiger partial charge is 0.494 e. The van der Waals surface area contributed by atoms with Gasteiger partial charge in [-0.15, -0.1) is 0 Å². The smallest absolute Gasteiger partial charge is 0.269 e. The number of anilines is 1. The van der Waals surface area contributed by atoms with Gasteiger partial charge in [0, 0.05) is 24.4 Å². The fourth-order valence-corrected chi connectivity index (χ4v) is 2.30. The molecule has 2 aromatic carbocycles. The molecule has 0 unspecified atom stereocenters. The Balaban J connectivity index is 1.83. The zero-order valence-electron chi connectivity index (χ0n) is 13.6. The lowest BCUT2D eigenvalue weighted by Gasteiger charge is -2.15. The van der Waals surface area contributed by atoms with Crippen LogP contribution in [-0.2, 0) is 0 Å². The number of nitro groups is 1. The van der Waals surface area contributed by atoms with Crippen molar-refractivity contribution < 1.29 is 14.8 Å². The first-order chi connectivity index (χ1) is 12.0. The third kappa shape index (κ3) is 5.70. The minimum absolute atomic E-state index is 0.0170. The number of nitrogens with zero attached hydrogens (tertiary/aromatic N) is 1. The molecule has 0 aliphatic heterocycles. The highest BCUT2D eigenvalue weighted by molar-refractivity contribution is 7.80. The van der Waals surface area contributed by atoms with E-state index in [1.165, 1.54) is 24.3 Å². The first kappa shape index (κ1) is 18.6. The number of nitrogens with one attached hydrogen (secondary N) is 2. The van der Waals surface area contributed by atoms with Gasteiger partial charge in [0.2, 0.25) is 0 Å².